The average Bonchev–Trinajstić information content (AvgIpc) is 2.31. The second kappa shape index (κ2) is 6.67. The first-order valence-electron chi connectivity index (χ1n) is 7.84. The molecule has 0 atom stereocenters. The van der Waals surface area contributed by atoms with Crippen LogP contribution in [0.25, 0.3) is 0 Å². The molecular weight excluding hydrogens is 192 g/mol. The van der Waals surface area contributed by atoms with Gasteiger partial charge in [0.2, 0.25) is 0 Å². The van der Waals surface area contributed by atoms with Crippen molar-refractivity contribution in [2.45, 2.75) is 84.0 Å². The zero-order valence-corrected chi connectivity index (χ0v) is 11.2. The summed E-state index contributed by atoms with van der Waals surface area (Å²) in [6.45, 7) is 2.52. The van der Waals surface area contributed by atoms with Gasteiger partial charge >= 0.3 is 0 Å². The predicted octanol–water partition coefficient (Wildman–Crippen LogP) is 5.56. The van der Waals surface area contributed by atoms with Crippen LogP contribution in [0.5, 0.6) is 0 Å². The Morgan fingerprint density at radius 2 is 1.06 bits per heavy atom. The zero-order chi connectivity index (χ0) is 11.2. The quantitative estimate of drug-likeness (QED) is 0.584. The molecule has 2 fully saturated rings. The molecule has 0 aromatic rings. The van der Waals surface area contributed by atoms with Gasteiger partial charge in [0.25, 0.3) is 0 Å². The van der Waals surface area contributed by atoms with Crippen LogP contribution in [0.2, 0.25) is 0 Å². The van der Waals surface area contributed by atoms with Crippen molar-refractivity contribution in [2.24, 2.45) is 17.8 Å². The zero-order valence-electron chi connectivity index (χ0n) is 11.2. The van der Waals surface area contributed by atoms with Crippen molar-refractivity contribution in [1.29, 1.82) is 0 Å². The average molecular weight is 222 g/mol. The fraction of sp³-hybridized carbons (Fsp3) is 1.00. The standard InChI is InChI=1S/C16H30/c1-14(12-15-8-4-2-5-9-15)13-16-10-6-3-7-11-16/h14-16H,2-13H2,1H3. The lowest BCUT2D eigenvalue weighted by Crippen LogP contribution is -2.15. The van der Waals surface area contributed by atoms with Gasteiger partial charge in [0, 0.05) is 0 Å². The molecule has 2 saturated carbocycles. The summed E-state index contributed by atoms with van der Waals surface area (Å²) in [7, 11) is 0. The lowest BCUT2D eigenvalue weighted by atomic mass is 9.78. The van der Waals surface area contributed by atoms with E-state index in [1.807, 2.05) is 0 Å². The third-order valence-corrected chi connectivity index (χ3v) is 4.92. The van der Waals surface area contributed by atoms with Crippen LogP contribution in [0.15, 0.2) is 0 Å². The smallest absolute Gasteiger partial charge is 0.0412 e. The van der Waals surface area contributed by atoms with Gasteiger partial charge in [-0.05, 0) is 30.6 Å². The van der Waals surface area contributed by atoms with E-state index in [-0.39, 0.29) is 0 Å². The van der Waals surface area contributed by atoms with Gasteiger partial charge in [-0.3, -0.25) is 0 Å². The molecule has 0 aromatic heterocycles. The fourth-order valence-electron chi connectivity index (χ4n) is 4.08. The summed E-state index contributed by atoms with van der Waals surface area (Å²) in [5.74, 6) is 3.19. The van der Waals surface area contributed by atoms with Crippen LogP contribution < -0.4 is 0 Å². The molecule has 0 aromatic carbocycles. The van der Waals surface area contributed by atoms with E-state index >= 15 is 0 Å². The van der Waals surface area contributed by atoms with Crippen LogP contribution in [0.3, 0.4) is 0 Å². The van der Waals surface area contributed by atoms with Gasteiger partial charge in [0.15, 0.2) is 0 Å². The van der Waals surface area contributed by atoms with Crippen molar-refractivity contribution in [1.82, 2.24) is 0 Å². The maximum Gasteiger partial charge on any atom is -0.0412 e. The minimum Gasteiger partial charge on any atom is -0.0625 e. The lowest BCUT2D eigenvalue weighted by molar-refractivity contribution is 0.241. The van der Waals surface area contributed by atoms with E-state index in [0.717, 1.165) is 17.8 Å². The molecule has 0 heteroatoms. The highest BCUT2D eigenvalue weighted by Gasteiger charge is 2.20. The molecule has 0 N–H and O–H groups in total. The molecule has 0 radical (unpaired) electrons. The van der Waals surface area contributed by atoms with E-state index in [9.17, 15) is 0 Å². The maximum absolute atomic E-state index is 2.52. The Hall–Kier alpha value is 0. The van der Waals surface area contributed by atoms with Crippen LogP contribution in [-0.2, 0) is 0 Å². The van der Waals surface area contributed by atoms with Crippen molar-refractivity contribution in [3.05, 3.63) is 0 Å². The van der Waals surface area contributed by atoms with E-state index in [4.69, 9.17) is 0 Å². The molecule has 2 rings (SSSR count). The molecule has 94 valence electrons. The summed E-state index contributed by atoms with van der Waals surface area (Å²) in [5, 5.41) is 0. The molecule has 2 aliphatic rings. The Balaban J connectivity index is 1.64. The summed E-state index contributed by atoms with van der Waals surface area (Å²) in [5.41, 5.74) is 0. The van der Waals surface area contributed by atoms with Gasteiger partial charge in [0.05, 0.1) is 0 Å². The van der Waals surface area contributed by atoms with Gasteiger partial charge in [0.1, 0.15) is 0 Å². The maximum atomic E-state index is 2.52. The molecule has 0 spiro atoms. The second-order valence-corrected chi connectivity index (χ2v) is 6.58. The highest BCUT2D eigenvalue weighted by molar-refractivity contribution is 4.73. The third-order valence-electron chi connectivity index (χ3n) is 4.92. The Morgan fingerprint density at radius 1 is 0.688 bits per heavy atom. The SMILES string of the molecule is CC(CC1CCCCC1)CC1CCCCC1. The minimum atomic E-state index is 1.01. The topological polar surface area (TPSA) is 0 Å². The van der Waals surface area contributed by atoms with Gasteiger partial charge in [-0.25, -0.2) is 0 Å². The van der Waals surface area contributed by atoms with Crippen molar-refractivity contribution in [2.75, 3.05) is 0 Å². The summed E-state index contributed by atoms with van der Waals surface area (Å²) in [6.07, 6.45) is 18.3. The molecule has 0 amide bonds. The molecular formula is C16H30. The molecule has 0 heterocycles. The monoisotopic (exact) mass is 222 g/mol. The van der Waals surface area contributed by atoms with Gasteiger partial charge < -0.3 is 0 Å². The number of hydrogen-bond acceptors (Lipinski definition) is 0. The van der Waals surface area contributed by atoms with Gasteiger partial charge in [-0.1, -0.05) is 71.1 Å². The molecule has 0 nitrogen and oxygen atoms in total. The first-order chi connectivity index (χ1) is 7.84. The van der Waals surface area contributed by atoms with Crippen LogP contribution in [0.4, 0.5) is 0 Å². The highest BCUT2D eigenvalue weighted by Crippen LogP contribution is 2.34. The first-order valence-corrected chi connectivity index (χ1v) is 7.84. The van der Waals surface area contributed by atoms with Gasteiger partial charge in [-0.2, -0.15) is 0 Å². The van der Waals surface area contributed by atoms with Crippen molar-refractivity contribution in [3.63, 3.8) is 0 Å². The van der Waals surface area contributed by atoms with E-state index in [1.165, 1.54) is 77.0 Å². The summed E-state index contributed by atoms with van der Waals surface area (Å²) >= 11 is 0. The number of hydrogen-bond donors (Lipinski definition) is 0. The Kier molecular flexibility index (Phi) is 5.19. The Bertz CT molecular complexity index is 152. The van der Waals surface area contributed by atoms with E-state index < -0.39 is 0 Å². The highest BCUT2D eigenvalue weighted by atomic mass is 14.3. The third kappa shape index (κ3) is 4.11. The summed E-state index contributed by atoms with van der Waals surface area (Å²) < 4.78 is 0. The lowest BCUT2D eigenvalue weighted by Gasteiger charge is -2.28. The molecule has 16 heavy (non-hydrogen) atoms. The van der Waals surface area contributed by atoms with Crippen molar-refractivity contribution < 1.29 is 0 Å². The van der Waals surface area contributed by atoms with Crippen LogP contribution in [0.1, 0.15) is 84.0 Å². The fourth-order valence-corrected chi connectivity index (χ4v) is 4.08. The Labute approximate surface area is 102 Å². The van der Waals surface area contributed by atoms with Gasteiger partial charge in [-0.15, -0.1) is 0 Å². The molecule has 0 unspecified atom stereocenters. The normalized spacial score (nSPS) is 25.1. The largest absolute Gasteiger partial charge is 0.0625 e. The summed E-state index contributed by atoms with van der Waals surface area (Å²) in [6, 6.07) is 0. The first kappa shape index (κ1) is 12.5. The minimum absolute atomic E-state index is 1.01. The van der Waals surface area contributed by atoms with Crippen LogP contribution in [0, 0.1) is 17.8 Å². The van der Waals surface area contributed by atoms with Crippen molar-refractivity contribution >= 4 is 0 Å². The van der Waals surface area contributed by atoms with Crippen LogP contribution >= 0.6 is 0 Å². The van der Waals surface area contributed by atoms with E-state index in [1.54, 1.807) is 0 Å². The predicted molar refractivity (Wildman–Crippen MR) is 71.5 cm³/mol. The van der Waals surface area contributed by atoms with Crippen LogP contribution in [-0.4, -0.2) is 0 Å². The molecule has 0 saturated heterocycles. The molecule has 2 aliphatic carbocycles. The number of rotatable bonds is 4. The molecule has 0 bridgehead atoms. The second-order valence-electron chi connectivity index (χ2n) is 6.58. The van der Waals surface area contributed by atoms with E-state index in [0.29, 0.717) is 0 Å². The van der Waals surface area contributed by atoms with Crippen molar-refractivity contribution in [3.8, 4) is 0 Å². The van der Waals surface area contributed by atoms with E-state index in [2.05, 4.69) is 6.92 Å². The summed E-state index contributed by atoms with van der Waals surface area (Å²) in [4.78, 5) is 0. The molecule has 0 aliphatic heterocycles. The Morgan fingerprint density at radius 3 is 1.44 bits per heavy atom.